The first-order valence-corrected chi connectivity index (χ1v) is 11.0. The molecule has 3 rings (SSSR count). The van der Waals surface area contributed by atoms with Crippen LogP contribution in [0.1, 0.15) is 64.0 Å². The predicted molar refractivity (Wildman–Crippen MR) is 120 cm³/mol. The molecule has 0 N–H and O–H groups in total. The molecule has 1 heterocycles. The normalized spacial score (nSPS) is 20.2. The predicted octanol–water partition coefficient (Wildman–Crippen LogP) is 6.42. The lowest BCUT2D eigenvalue weighted by Gasteiger charge is -2.53. The van der Waals surface area contributed by atoms with Crippen molar-refractivity contribution in [2.45, 2.75) is 71.0 Å². The first-order chi connectivity index (χ1) is 13.6. The van der Waals surface area contributed by atoms with Crippen molar-refractivity contribution < 1.29 is 0 Å². The largest absolute Gasteiger partial charge is 0.353 e. The van der Waals surface area contributed by atoms with Crippen molar-refractivity contribution in [3.05, 3.63) is 84.2 Å². The molecule has 2 atom stereocenters. The van der Waals surface area contributed by atoms with Crippen molar-refractivity contribution in [3.63, 3.8) is 0 Å². The van der Waals surface area contributed by atoms with Gasteiger partial charge in [-0.15, -0.1) is 0 Å². The SMILES string of the molecule is CCCCN1C=CN(C(C)C)C1(Cc1ccccc1)C(CC)c1ccccc1. The molecule has 2 aromatic carbocycles. The minimum Gasteiger partial charge on any atom is -0.353 e. The molecular weight excluding hydrogens is 340 g/mol. The molecule has 2 nitrogen and oxygen atoms in total. The zero-order valence-electron chi connectivity index (χ0n) is 18.0. The van der Waals surface area contributed by atoms with Crippen molar-refractivity contribution in [1.82, 2.24) is 9.80 Å². The summed E-state index contributed by atoms with van der Waals surface area (Å²) in [6.45, 7) is 10.4. The lowest BCUT2D eigenvalue weighted by molar-refractivity contribution is -0.0189. The van der Waals surface area contributed by atoms with Gasteiger partial charge in [0.05, 0.1) is 0 Å². The zero-order valence-corrected chi connectivity index (χ0v) is 18.0. The highest BCUT2D eigenvalue weighted by atomic mass is 15.4. The van der Waals surface area contributed by atoms with Crippen LogP contribution in [0, 0.1) is 0 Å². The number of rotatable bonds is 9. The van der Waals surface area contributed by atoms with Gasteiger partial charge in [-0.05, 0) is 37.8 Å². The van der Waals surface area contributed by atoms with E-state index in [1.54, 1.807) is 0 Å². The maximum atomic E-state index is 2.64. The molecule has 1 aliphatic rings. The van der Waals surface area contributed by atoms with E-state index in [1.807, 2.05) is 0 Å². The molecule has 0 spiro atoms. The van der Waals surface area contributed by atoms with E-state index in [9.17, 15) is 0 Å². The first kappa shape index (κ1) is 20.5. The quantitative estimate of drug-likeness (QED) is 0.498. The fourth-order valence-corrected chi connectivity index (χ4v) is 4.88. The fourth-order valence-electron chi connectivity index (χ4n) is 4.88. The minimum absolute atomic E-state index is 0.0687. The van der Waals surface area contributed by atoms with E-state index >= 15 is 0 Å². The summed E-state index contributed by atoms with van der Waals surface area (Å²) in [4.78, 5) is 5.27. The Balaban J connectivity index is 2.12. The second kappa shape index (κ2) is 9.32. The van der Waals surface area contributed by atoms with E-state index < -0.39 is 0 Å². The molecule has 0 fully saturated rings. The summed E-state index contributed by atoms with van der Waals surface area (Å²) in [6.07, 6.45) is 9.27. The average Bonchev–Trinajstić information content (AvgIpc) is 3.07. The minimum atomic E-state index is -0.0687. The van der Waals surface area contributed by atoms with Crippen molar-refractivity contribution in [2.75, 3.05) is 6.54 Å². The van der Waals surface area contributed by atoms with Gasteiger partial charge in [0.25, 0.3) is 0 Å². The smallest absolute Gasteiger partial charge is 0.123 e. The molecule has 150 valence electrons. The molecule has 0 saturated carbocycles. The molecule has 28 heavy (non-hydrogen) atoms. The average molecular weight is 377 g/mol. The Bertz CT molecular complexity index is 738. The Kier molecular flexibility index (Phi) is 6.83. The zero-order chi connectivity index (χ0) is 20.0. The van der Waals surface area contributed by atoms with E-state index in [1.165, 1.54) is 24.0 Å². The van der Waals surface area contributed by atoms with E-state index in [4.69, 9.17) is 0 Å². The third kappa shape index (κ3) is 3.97. The molecule has 0 bridgehead atoms. The highest BCUT2D eigenvalue weighted by Gasteiger charge is 2.50. The molecular formula is C26H36N2. The summed E-state index contributed by atoms with van der Waals surface area (Å²) in [5.74, 6) is 0.433. The van der Waals surface area contributed by atoms with Crippen molar-refractivity contribution in [3.8, 4) is 0 Å². The maximum Gasteiger partial charge on any atom is 0.123 e. The topological polar surface area (TPSA) is 6.48 Å². The molecule has 0 saturated heterocycles. The summed E-state index contributed by atoms with van der Waals surface area (Å²) in [5.41, 5.74) is 2.78. The van der Waals surface area contributed by atoms with Crippen LogP contribution in [-0.4, -0.2) is 28.0 Å². The van der Waals surface area contributed by atoms with E-state index in [0.29, 0.717) is 12.0 Å². The molecule has 0 radical (unpaired) electrons. The molecule has 1 aliphatic heterocycles. The first-order valence-electron chi connectivity index (χ1n) is 11.0. The van der Waals surface area contributed by atoms with Crippen LogP contribution in [0.4, 0.5) is 0 Å². The summed E-state index contributed by atoms with van der Waals surface area (Å²) >= 11 is 0. The van der Waals surface area contributed by atoms with Gasteiger partial charge in [-0.1, -0.05) is 80.9 Å². The molecule has 2 unspecified atom stereocenters. The van der Waals surface area contributed by atoms with Gasteiger partial charge in [-0.25, -0.2) is 0 Å². The van der Waals surface area contributed by atoms with Crippen LogP contribution >= 0.6 is 0 Å². The van der Waals surface area contributed by atoms with Gasteiger partial charge in [0.2, 0.25) is 0 Å². The fraction of sp³-hybridized carbons (Fsp3) is 0.462. The van der Waals surface area contributed by atoms with E-state index in [0.717, 1.165) is 19.4 Å². The Morgan fingerprint density at radius 2 is 1.50 bits per heavy atom. The Labute approximate surface area is 171 Å². The lowest BCUT2D eigenvalue weighted by Crippen LogP contribution is -2.60. The second-order valence-corrected chi connectivity index (χ2v) is 8.26. The third-order valence-corrected chi connectivity index (χ3v) is 6.14. The van der Waals surface area contributed by atoms with Crippen molar-refractivity contribution >= 4 is 0 Å². The second-order valence-electron chi connectivity index (χ2n) is 8.26. The molecule has 2 heteroatoms. The van der Waals surface area contributed by atoms with Gasteiger partial charge in [0.1, 0.15) is 5.66 Å². The number of benzene rings is 2. The number of nitrogens with zero attached hydrogens (tertiary/aromatic N) is 2. The monoisotopic (exact) mass is 376 g/mol. The van der Waals surface area contributed by atoms with Crippen LogP contribution in [0.2, 0.25) is 0 Å². The molecule has 0 aliphatic carbocycles. The Morgan fingerprint density at radius 1 is 0.857 bits per heavy atom. The number of hydrogen-bond donors (Lipinski definition) is 0. The lowest BCUT2D eigenvalue weighted by atomic mass is 9.77. The van der Waals surface area contributed by atoms with Gasteiger partial charge in [0.15, 0.2) is 0 Å². The maximum absolute atomic E-state index is 2.64. The van der Waals surface area contributed by atoms with Crippen molar-refractivity contribution in [1.29, 1.82) is 0 Å². The van der Waals surface area contributed by atoms with Gasteiger partial charge < -0.3 is 9.80 Å². The van der Waals surface area contributed by atoms with Gasteiger partial charge in [0, 0.05) is 37.3 Å². The molecule has 2 aromatic rings. The van der Waals surface area contributed by atoms with E-state index in [2.05, 4.69) is 111 Å². The van der Waals surface area contributed by atoms with Crippen LogP contribution < -0.4 is 0 Å². The van der Waals surface area contributed by atoms with Crippen LogP contribution in [0.15, 0.2) is 73.1 Å². The van der Waals surface area contributed by atoms with Crippen LogP contribution in [0.3, 0.4) is 0 Å². The summed E-state index contributed by atoms with van der Waals surface area (Å²) < 4.78 is 0. The van der Waals surface area contributed by atoms with Gasteiger partial charge in [-0.3, -0.25) is 0 Å². The van der Waals surface area contributed by atoms with Crippen molar-refractivity contribution in [2.24, 2.45) is 0 Å². The van der Waals surface area contributed by atoms with Crippen LogP contribution in [0.5, 0.6) is 0 Å². The van der Waals surface area contributed by atoms with Crippen LogP contribution in [0.25, 0.3) is 0 Å². The van der Waals surface area contributed by atoms with E-state index in [-0.39, 0.29) is 5.66 Å². The third-order valence-electron chi connectivity index (χ3n) is 6.14. The Morgan fingerprint density at radius 3 is 2.07 bits per heavy atom. The summed E-state index contributed by atoms with van der Waals surface area (Å²) in [5, 5.41) is 0. The molecule has 0 amide bonds. The number of hydrogen-bond acceptors (Lipinski definition) is 2. The van der Waals surface area contributed by atoms with Crippen LogP contribution in [-0.2, 0) is 6.42 Å². The standard InChI is InChI=1S/C26H36N2/c1-5-7-18-27-19-20-28(22(3)4)26(27,21-23-14-10-8-11-15-23)25(6-2)24-16-12-9-13-17-24/h8-17,19-20,22,25H,5-7,18,21H2,1-4H3. The molecule has 0 aromatic heterocycles. The van der Waals surface area contributed by atoms with Gasteiger partial charge in [-0.2, -0.15) is 0 Å². The van der Waals surface area contributed by atoms with Gasteiger partial charge >= 0.3 is 0 Å². The summed E-state index contributed by atoms with van der Waals surface area (Å²) in [7, 11) is 0. The highest BCUT2D eigenvalue weighted by Crippen LogP contribution is 2.45. The summed E-state index contributed by atoms with van der Waals surface area (Å²) in [6, 6.07) is 22.6. The highest BCUT2D eigenvalue weighted by molar-refractivity contribution is 5.30. The number of unbranched alkanes of at least 4 members (excludes halogenated alkanes) is 1. The Hall–Kier alpha value is -2.22.